The number of hydrogen-bond acceptors (Lipinski definition) is 2. The largest absolute Gasteiger partial charge is 0.393 e. The molecule has 0 aliphatic carbocycles. The highest BCUT2D eigenvalue weighted by Gasteiger charge is 2.23. The maximum atomic E-state index is 14.0. The maximum absolute atomic E-state index is 14.0. The van der Waals surface area contributed by atoms with Crippen LogP contribution in [0, 0.1) is 12.7 Å². The first-order chi connectivity index (χ1) is 13.4. The summed E-state index contributed by atoms with van der Waals surface area (Å²) in [5, 5.41) is 14.5. The number of aromatic nitrogens is 1. The summed E-state index contributed by atoms with van der Waals surface area (Å²) in [7, 11) is 0. The molecule has 2 aromatic carbocycles. The lowest BCUT2D eigenvalue weighted by Gasteiger charge is -2.29. The number of fused-ring (bicyclic) bond motifs is 3. The molecular formula is C22H26FN3O2. The maximum Gasteiger partial charge on any atom is 0.321 e. The van der Waals surface area contributed by atoms with Crippen molar-refractivity contribution in [3.63, 3.8) is 0 Å². The average Bonchev–Trinajstić information content (AvgIpc) is 2.98. The van der Waals surface area contributed by atoms with Gasteiger partial charge in [0.05, 0.1) is 6.10 Å². The number of carbonyl (C=O) groups is 1. The van der Waals surface area contributed by atoms with Gasteiger partial charge in [0.1, 0.15) is 5.82 Å². The zero-order valence-electron chi connectivity index (χ0n) is 16.5. The molecule has 148 valence electrons. The van der Waals surface area contributed by atoms with Gasteiger partial charge in [-0.25, -0.2) is 9.18 Å². The van der Waals surface area contributed by atoms with Gasteiger partial charge in [0.2, 0.25) is 0 Å². The van der Waals surface area contributed by atoms with Crippen molar-refractivity contribution in [1.82, 2.24) is 9.47 Å². The number of rotatable bonds is 2. The molecule has 1 aliphatic rings. The number of aryl methyl sites for hydroxylation is 1. The predicted molar refractivity (Wildman–Crippen MR) is 110 cm³/mol. The lowest BCUT2D eigenvalue weighted by molar-refractivity contribution is 0.0972. The third-order valence-corrected chi connectivity index (χ3v) is 5.70. The number of nitrogens with zero attached hydrogens (tertiary/aromatic N) is 2. The fraction of sp³-hybridized carbons (Fsp3) is 0.409. The molecule has 2 amide bonds. The Labute approximate surface area is 163 Å². The van der Waals surface area contributed by atoms with Gasteiger partial charge >= 0.3 is 6.03 Å². The molecule has 1 aliphatic heterocycles. The van der Waals surface area contributed by atoms with E-state index >= 15 is 0 Å². The van der Waals surface area contributed by atoms with Crippen LogP contribution in [-0.2, 0) is 0 Å². The number of amides is 2. The Morgan fingerprint density at radius 3 is 2.54 bits per heavy atom. The minimum Gasteiger partial charge on any atom is -0.393 e. The molecule has 0 bridgehead atoms. The summed E-state index contributed by atoms with van der Waals surface area (Å²) in [6.45, 7) is 7.28. The number of carbonyl (C=O) groups excluding carboxylic acids is 1. The van der Waals surface area contributed by atoms with Crippen LogP contribution in [0.3, 0.4) is 0 Å². The quantitative estimate of drug-likeness (QED) is 0.667. The topological polar surface area (TPSA) is 57.5 Å². The first-order valence-electron chi connectivity index (χ1n) is 9.83. The number of halogens is 1. The Morgan fingerprint density at radius 2 is 1.86 bits per heavy atom. The molecule has 1 aromatic heterocycles. The minimum atomic E-state index is -0.320. The summed E-state index contributed by atoms with van der Waals surface area (Å²) in [6.07, 6.45) is 0.887. The summed E-state index contributed by atoms with van der Waals surface area (Å²) in [6, 6.07) is 8.86. The van der Waals surface area contributed by atoms with Crippen LogP contribution in [0.15, 0.2) is 30.3 Å². The first-order valence-corrected chi connectivity index (χ1v) is 9.83. The molecule has 2 N–H and O–H groups in total. The number of benzene rings is 2. The van der Waals surface area contributed by atoms with Gasteiger partial charge in [0, 0.05) is 46.6 Å². The van der Waals surface area contributed by atoms with Gasteiger partial charge in [-0.1, -0.05) is 0 Å². The van der Waals surface area contributed by atoms with Crippen molar-refractivity contribution in [3.8, 4) is 0 Å². The van der Waals surface area contributed by atoms with Crippen molar-refractivity contribution >= 4 is 33.5 Å². The van der Waals surface area contributed by atoms with Gasteiger partial charge in [-0.05, 0) is 69.5 Å². The van der Waals surface area contributed by atoms with Gasteiger partial charge < -0.3 is 19.9 Å². The Bertz CT molecular complexity index is 1050. The molecule has 0 atom stereocenters. The summed E-state index contributed by atoms with van der Waals surface area (Å²) < 4.78 is 16.2. The fourth-order valence-electron chi connectivity index (χ4n) is 4.24. The molecule has 4 rings (SSSR count). The fourth-order valence-corrected chi connectivity index (χ4v) is 4.24. The van der Waals surface area contributed by atoms with E-state index in [1.165, 1.54) is 6.07 Å². The SMILES string of the molecule is Cc1c(NC(=O)N2CCC(O)CC2)ccc2c1c1cc(F)ccc1n2C(C)C. The second kappa shape index (κ2) is 7.09. The zero-order valence-corrected chi connectivity index (χ0v) is 16.5. The van der Waals surface area contributed by atoms with Crippen LogP contribution in [0.1, 0.15) is 38.3 Å². The van der Waals surface area contributed by atoms with Gasteiger partial charge in [-0.3, -0.25) is 0 Å². The third kappa shape index (κ3) is 3.11. The van der Waals surface area contributed by atoms with Crippen LogP contribution in [0.5, 0.6) is 0 Å². The number of piperidine rings is 1. The molecule has 28 heavy (non-hydrogen) atoms. The Balaban J connectivity index is 1.77. The Hall–Kier alpha value is -2.60. The number of likely N-dealkylation sites (tertiary alicyclic amines) is 1. The second-order valence-corrected chi connectivity index (χ2v) is 7.91. The molecule has 1 fully saturated rings. The van der Waals surface area contributed by atoms with Crippen molar-refractivity contribution < 1.29 is 14.3 Å². The van der Waals surface area contributed by atoms with E-state index in [2.05, 4.69) is 23.7 Å². The van der Waals surface area contributed by atoms with E-state index in [9.17, 15) is 14.3 Å². The molecule has 0 saturated carbocycles. The first kappa shape index (κ1) is 18.7. The Kier molecular flexibility index (Phi) is 4.75. The summed E-state index contributed by atoms with van der Waals surface area (Å²) >= 11 is 0. The molecule has 5 nitrogen and oxygen atoms in total. The highest BCUT2D eigenvalue weighted by atomic mass is 19.1. The number of urea groups is 1. The molecule has 0 spiro atoms. The van der Waals surface area contributed by atoms with Gasteiger partial charge in [-0.2, -0.15) is 0 Å². The van der Waals surface area contributed by atoms with Crippen LogP contribution < -0.4 is 5.32 Å². The van der Waals surface area contributed by atoms with Crippen LogP contribution in [-0.4, -0.2) is 39.8 Å². The van der Waals surface area contributed by atoms with E-state index in [0.717, 1.165) is 33.1 Å². The highest BCUT2D eigenvalue weighted by molar-refractivity contribution is 6.12. The lowest BCUT2D eigenvalue weighted by Crippen LogP contribution is -2.42. The second-order valence-electron chi connectivity index (χ2n) is 7.91. The number of aliphatic hydroxyl groups is 1. The molecule has 2 heterocycles. The molecule has 0 unspecified atom stereocenters. The average molecular weight is 383 g/mol. The molecular weight excluding hydrogens is 357 g/mol. The van der Waals surface area contributed by atoms with E-state index in [4.69, 9.17) is 0 Å². The van der Waals surface area contributed by atoms with Crippen LogP contribution in [0.2, 0.25) is 0 Å². The smallest absolute Gasteiger partial charge is 0.321 e. The summed E-state index contributed by atoms with van der Waals surface area (Å²) in [4.78, 5) is 14.4. The summed E-state index contributed by atoms with van der Waals surface area (Å²) in [5.74, 6) is -0.268. The van der Waals surface area contributed by atoms with E-state index in [1.807, 2.05) is 25.1 Å². The van der Waals surface area contributed by atoms with Crippen molar-refractivity contribution in [2.24, 2.45) is 0 Å². The molecule has 0 radical (unpaired) electrons. The van der Waals surface area contributed by atoms with Crippen LogP contribution >= 0.6 is 0 Å². The summed E-state index contributed by atoms with van der Waals surface area (Å²) in [5.41, 5.74) is 3.68. The third-order valence-electron chi connectivity index (χ3n) is 5.70. The zero-order chi connectivity index (χ0) is 20.0. The van der Waals surface area contributed by atoms with Crippen molar-refractivity contribution in [2.45, 2.75) is 45.8 Å². The van der Waals surface area contributed by atoms with Crippen LogP contribution in [0.25, 0.3) is 21.8 Å². The number of hydrogen-bond donors (Lipinski definition) is 2. The van der Waals surface area contributed by atoms with Crippen molar-refractivity contribution in [3.05, 3.63) is 41.7 Å². The standard InChI is InChI=1S/C22H26FN3O2/c1-13(2)26-19-6-4-15(23)12-17(19)21-14(3)18(5-7-20(21)26)24-22(28)25-10-8-16(27)9-11-25/h4-7,12-13,16,27H,8-11H2,1-3H3,(H,24,28). The van der Waals surface area contributed by atoms with Gasteiger partial charge in [-0.15, -0.1) is 0 Å². The van der Waals surface area contributed by atoms with Gasteiger partial charge in [0.25, 0.3) is 0 Å². The van der Waals surface area contributed by atoms with E-state index in [1.54, 1.807) is 11.0 Å². The lowest BCUT2D eigenvalue weighted by atomic mass is 10.1. The Morgan fingerprint density at radius 1 is 1.18 bits per heavy atom. The molecule has 3 aromatic rings. The van der Waals surface area contributed by atoms with E-state index in [0.29, 0.717) is 25.9 Å². The monoisotopic (exact) mass is 383 g/mol. The molecule has 6 heteroatoms. The van der Waals surface area contributed by atoms with E-state index in [-0.39, 0.29) is 24.0 Å². The number of anilines is 1. The molecule has 1 saturated heterocycles. The van der Waals surface area contributed by atoms with Crippen molar-refractivity contribution in [1.29, 1.82) is 0 Å². The van der Waals surface area contributed by atoms with Crippen molar-refractivity contribution in [2.75, 3.05) is 18.4 Å². The highest BCUT2D eigenvalue weighted by Crippen LogP contribution is 2.37. The minimum absolute atomic E-state index is 0.159. The van der Waals surface area contributed by atoms with Crippen LogP contribution in [0.4, 0.5) is 14.9 Å². The van der Waals surface area contributed by atoms with Gasteiger partial charge in [0.15, 0.2) is 0 Å². The number of nitrogens with one attached hydrogen (secondary N) is 1. The number of aliphatic hydroxyl groups excluding tert-OH is 1. The van der Waals surface area contributed by atoms with E-state index < -0.39 is 0 Å². The predicted octanol–water partition coefficient (Wildman–Crippen LogP) is 4.81. The normalized spacial score (nSPS) is 15.7.